The quantitative estimate of drug-likeness (QED) is 0.437. The summed E-state index contributed by atoms with van der Waals surface area (Å²) in [6.07, 6.45) is 2.05. The SMILES string of the molecule is CCCCOc1ccc(C2C(C(=O)OCCOC)=C(C)N=C3SC(C)C(=O)N32)cc1. The van der Waals surface area contributed by atoms with Crippen LogP contribution in [0.3, 0.4) is 0 Å². The lowest BCUT2D eigenvalue weighted by Gasteiger charge is -2.33. The van der Waals surface area contributed by atoms with E-state index in [1.807, 2.05) is 31.2 Å². The van der Waals surface area contributed by atoms with E-state index in [4.69, 9.17) is 14.2 Å². The van der Waals surface area contributed by atoms with Crippen LogP contribution in [0.4, 0.5) is 0 Å². The van der Waals surface area contributed by atoms with Gasteiger partial charge in [0.2, 0.25) is 5.91 Å². The molecule has 8 heteroatoms. The van der Waals surface area contributed by atoms with E-state index in [-0.39, 0.29) is 17.8 Å². The third-order valence-electron chi connectivity index (χ3n) is 4.96. The van der Waals surface area contributed by atoms with E-state index in [0.29, 0.717) is 29.7 Å². The maximum absolute atomic E-state index is 12.9. The predicted molar refractivity (Wildman–Crippen MR) is 116 cm³/mol. The molecule has 0 bridgehead atoms. The first-order valence-corrected chi connectivity index (χ1v) is 11.0. The molecular weight excluding hydrogens is 404 g/mol. The summed E-state index contributed by atoms with van der Waals surface area (Å²) in [5.74, 6) is 0.206. The molecule has 2 aliphatic heterocycles. The number of nitrogens with zero attached hydrogens (tertiary/aromatic N) is 2. The number of amides is 1. The Morgan fingerprint density at radius 3 is 2.60 bits per heavy atom. The van der Waals surface area contributed by atoms with Gasteiger partial charge in [0.15, 0.2) is 5.17 Å². The number of thioether (sulfide) groups is 1. The van der Waals surface area contributed by atoms with Crippen molar-refractivity contribution in [3.8, 4) is 5.75 Å². The molecule has 2 unspecified atom stereocenters. The van der Waals surface area contributed by atoms with Crippen molar-refractivity contribution in [1.82, 2.24) is 4.90 Å². The number of hydrogen-bond acceptors (Lipinski definition) is 7. The molecule has 3 rings (SSSR count). The summed E-state index contributed by atoms with van der Waals surface area (Å²) in [6.45, 7) is 6.84. The molecule has 0 aliphatic carbocycles. The van der Waals surface area contributed by atoms with Crippen LogP contribution in [0.15, 0.2) is 40.5 Å². The Bertz CT molecular complexity index is 850. The number of ether oxygens (including phenoxy) is 3. The third kappa shape index (κ3) is 4.70. The highest BCUT2D eigenvalue weighted by atomic mass is 32.2. The number of aliphatic imine (C=N–C) groups is 1. The molecule has 1 saturated heterocycles. The molecule has 0 N–H and O–H groups in total. The summed E-state index contributed by atoms with van der Waals surface area (Å²) < 4.78 is 16.1. The van der Waals surface area contributed by atoms with Crippen LogP contribution < -0.4 is 4.74 Å². The second-order valence-electron chi connectivity index (χ2n) is 7.16. The number of hydrogen-bond donors (Lipinski definition) is 0. The van der Waals surface area contributed by atoms with E-state index in [9.17, 15) is 9.59 Å². The van der Waals surface area contributed by atoms with Crippen LogP contribution >= 0.6 is 11.8 Å². The lowest BCUT2D eigenvalue weighted by atomic mass is 9.94. The zero-order chi connectivity index (χ0) is 21.7. The van der Waals surface area contributed by atoms with Crippen LogP contribution in [0, 0.1) is 0 Å². The Morgan fingerprint density at radius 2 is 1.93 bits per heavy atom. The molecule has 0 saturated carbocycles. The fourth-order valence-electron chi connectivity index (χ4n) is 3.36. The first-order chi connectivity index (χ1) is 14.5. The Hall–Kier alpha value is -2.32. The van der Waals surface area contributed by atoms with Crippen molar-refractivity contribution in [2.24, 2.45) is 4.99 Å². The predicted octanol–water partition coefficient (Wildman–Crippen LogP) is 3.70. The lowest BCUT2D eigenvalue weighted by molar-refractivity contribution is -0.141. The molecule has 2 heterocycles. The molecule has 7 nitrogen and oxygen atoms in total. The summed E-state index contributed by atoms with van der Waals surface area (Å²) in [6, 6.07) is 6.95. The van der Waals surface area contributed by atoms with Crippen LogP contribution in [0.5, 0.6) is 5.75 Å². The Morgan fingerprint density at radius 1 is 1.20 bits per heavy atom. The van der Waals surface area contributed by atoms with Crippen molar-refractivity contribution in [1.29, 1.82) is 0 Å². The van der Waals surface area contributed by atoms with Crippen LogP contribution in [0.2, 0.25) is 0 Å². The minimum atomic E-state index is -0.581. The smallest absolute Gasteiger partial charge is 0.338 e. The van der Waals surface area contributed by atoms with E-state index >= 15 is 0 Å². The Balaban J connectivity index is 1.93. The van der Waals surface area contributed by atoms with E-state index in [0.717, 1.165) is 24.2 Å². The van der Waals surface area contributed by atoms with Gasteiger partial charge >= 0.3 is 5.97 Å². The van der Waals surface area contributed by atoms with Crippen LogP contribution in [0.1, 0.15) is 45.2 Å². The van der Waals surface area contributed by atoms with Crippen LogP contribution in [-0.4, -0.2) is 54.1 Å². The van der Waals surface area contributed by atoms with Gasteiger partial charge in [-0.1, -0.05) is 37.2 Å². The number of carbonyl (C=O) groups is 2. The summed E-state index contributed by atoms with van der Waals surface area (Å²) in [4.78, 5) is 32.0. The number of carbonyl (C=O) groups excluding carboxylic acids is 2. The van der Waals surface area contributed by atoms with Gasteiger partial charge < -0.3 is 14.2 Å². The maximum atomic E-state index is 12.9. The fraction of sp³-hybridized carbons (Fsp3) is 0.500. The molecule has 0 radical (unpaired) electrons. The Kier molecular flexibility index (Phi) is 7.55. The van der Waals surface area contributed by atoms with Crippen molar-refractivity contribution in [3.05, 3.63) is 41.1 Å². The van der Waals surface area contributed by atoms with Gasteiger partial charge in [0, 0.05) is 7.11 Å². The third-order valence-corrected chi connectivity index (χ3v) is 6.02. The zero-order valence-corrected chi connectivity index (χ0v) is 18.7. The van der Waals surface area contributed by atoms with Gasteiger partial charge in [-0.3, -0.25) is 9.69 Å². The molecule has 1 amide bonds. The number of rotatable bonds is 9. The van der Waals surface area contributed by atoms with Crippen LogP contribution in [0.25, 0.3) is 0 Å². The largest absolute Gasteiger partial charge is 0.494 e. The monoisotopic (exact) mass is 432 g/mol. The van der Waals surface area contributed by atoms with Gasteiger partial charge in [-0.25, -0.2) is 9.79 Å². The van der Waals surface area contributed by atoms with Crippen molar-refractivity contribution in [2.75, 3.05) is 26.9 Å². The molecule has 0 aromatic heterocycles. The highest BCUT2D eigenvalue weighted by molar-refractivity contribution is 8.15. The average Bonchev–Trinajstić information content (AvgIpc) is 3.01. The normalized spacial score (nSPS) is 20.9. The molecule has 0 spiro atoms. The number of benzene rings is 1. The molecule has 30 heavy (non-hydrogen) atoms. The molecule has 1 aromatic rings. The summed E-state index contributed by atoms with van der Waals surface area (Å²) >= 11 is 1.41. The number of unbranched alkanes of at least 4 members (excludes halogenated alkanes) is 1. The first kappa shape index (κ1) is 22.4. The van der Waals surface area contributed by atoms with Crippen molar-refractivity contribution < 1.29 is 23.8 Å². The van der Waals surface area contributed by atoms with Crippen LogP contribution in [-0.2, 0) is 19.1 Å². The van der Waals surface area contributed by atoms with E-state index < -0.39 is 12.0 Å². The topological polar surface area (TPSA) is 77.4 Å². The van der Waals surface area contributed by atoms with Crippen molar-refractivity contribution >= 4 is 28.8 Å². The number of amidine groups is 1. The molecule has 1 fully saturated rings. The van der Waals surface area contributed by atoms with E-state index in [1.54, 1.807) is 18.9 Å². The van der Waals surface area contributed by atoms with Gasteiger partial charge in [-0.2, -0.15) is 0 Å². The standard InChI is InChI=1S/C22H28N2O5S/c1-5-6-11-28-17-9-7-16(8-10-17)19-18(21(26)29-13-12-27-4)14(2)23-22-24(19)20(25)15(3)30-22/h7-10,15,19H,5-6,11-13H2,1-4H3. The zero-order valence-electron chi connectivity index (χ0n) is 17.8. The van der Waals surface area contributed by atoms with Gasteiger partial charge in [-0.05, 0) is 38.0 Å². The molecule has 162 valence electrons. The van der Waals surface area contributed by atoms with Crippen molar-refractivity contribution in [3.63, 3.8) is 0 Å². The molecule has 2 atom stereocenters. The second-order valence-corrected chi connectivity index (χ2v) is 8.47. The van der Waals surface area contributed by atoms with Gasteiger partial charge in [0.05, 0.1) is 35.8 Å². The van der Waals surface area contributed by atoms with Gasteiger partial charge in [-0.15, -0.1) is 0 Å². The van der Waals surface area contributed by atoms with Gasteiger partial charge in [0.25, 0.3) is 0 Å². The lowest BCUT2D eigenvalue weighted by Crippen LogP contribution is -2.40. The van der Waals surface area contributed by atoms with E-state index in [1.165, 1.54) is 11.8 Å². The van der Waals surface area contributed by atoms with Gasteiger partial charge in [0.1, 0.15) is 12.4 Å². The minimum Gasteiger partial charge on any atom is -0.494 e. The maximum Gasteiger partial charge on any atom is 0.338 e. The number of esters is 1. The molecular formula is C22H28N2O5S. The summed E-state index contributed by atoms with van der Waals surface area (Å²) in [7, 11) is 1.55. The summed E-state index contributed by atoms with van der Waals surface area (Å²) in [5, 5.41) is 0.367. The average molecular weight is 433 g/mol. The molecule has 1 aromatic carbocycles. The van der Waals surface area contributed by atoms with E-state index in [2.05, 4.69) is 11.9 Å². The number of fused-ring (bicyclic) bond motifs is 1. The fourth-order valence-corrected chi connectivity index (χ4v) is 4.38. The number of methoxy groups -OCH3 is 1. The Labute approximate surface area is 181 Å². The number of allylic oxidation sites excluding steroid dienone is 1. The molecule has 2 aliphatic rings. The minimum absolute atomic E-state index is 0.0679. The second kappa shape index (κ2) is 10.1. The van der Waals surface area contributed by atoms with Crippen molar-refractivity contribution in [2.45, 2.75) is 44.9 Å². The summed E-state index contributed by atoms with van der Waals surface area (Å²) in [5.41, 5.74) is 1.75. The first-order valence-electron chi connectivity index (χ1n) is 10.2. The highest BCUT2D eigenvalue weighted by Crippen LogP contribution is 2.43. The highest BCUT2D eigenvalue weighted by Gasteiger charge is 2.46.